The molecule has 270 valence electrons. The third-order valence-corrected chi connectivity index (χ3v) is 10.6. The molecule has 0 radical (unpaired) electrons. The second-order valence-electron chi connectivity index (χ2n) is 14.0. The van der Waals surface area contributed by atoms with Crippen molar-refractivity contribution in [3.8, 4) is 22.3 Å². The SMILES string of the molecule is O=C1c2cc(N(c3ccc(N(c4ccccc4)c4ccccc4)cc3)c3ccc(N(c4ccccc4)c4ccccc4)cc3)ncc2-c2cc3cccccc-3c21. The zero-order valence-electron chi connectivity index (χ0n) is 31.0. The number of hydrogen-bond acceptors (Lipinski definition) is 5. The Kier molecular flexibility index (Phi) is 8.58. The van der Waals surface area contributed by atoms with Crippen molar-refractivity contribution in [3.63, 3.8) is 0 Å². The first-order valence-corrected chi connectivity index (χ1v) is 19.1. The molecule has 6 aromatic carbocycles. The molecule has 0 aliphatic heterocycles. The number of fused-ring (bicyclic) bond motifs is 5. The van der Waals surface area contributed by atoms with E-state index in [1.807, 2.05) is 60.8 Å². The lowest BCUT2D eigenvalue weighted by molar-refractivity contribution is 0.104. The van der Waals surface area contributed by atoms with Crippen molar-refractivity contribution in [2.24, 2.45) is 0 Å². The molecule has 0 saturated carbocycles. The van der Waals surface area contributed by atoms with Crippen LogP contribution in [0.25, 0.3) is 22.3 Å². The molecule has 1 heterocycles. The molecule has 0 spiro atoms. The summed E-state index contributed by atoms with van der Waals surface area (Å²) in [5.74, 6) is 0.687. The van der Waals surface area contributed by atoms with E-state index in [1.165, 1.54) is 0 Å². The maximum Gasteiger partial charge on any atom is 0.195 e. The Morgan fingerprint density at radius 3 is 1.12 bits per heavy atom. The number of aromatic nitrogens is 1. The summed E-state index contributed by atoms with van der Waals surface area (Å²) in [4.78, 5) is 25.9. The van der Waals surface area contributed by atoms with E-state index in [9.17, 15) is 4.79 Å². The monoisotopic (exact) mass is 732 g/mol. The minimum absolute atomic E-state index is 0.0261. The zero-order chi connectivity index (χ0) is 38.1. The predicted octanol–water partition coefficient (Wildman–Crippen LogP) is 13.8. The molecule has 0 saturated heterocycles. The highest BCUT2D eigenvalue weighted by Crippen LogP contribution is 2.47. The molecule has 10 rings (SSSR count). The number of hydrogen-bond donors (Lipinski definition) is 0. The van der Waals surface area contributed by atoms with Crippen molar-refractivity contribution < 1.29 is 4.79 Å². The molecule has 3 aliphatic rings. The van der Waals surface area contributed by atoms with Gasteiger partial charge in [-0.05, 0) is 126 Å². The molecule has 57 heavy (non-hydrogen) atoms. The molecule has 0 amide bonds. The normalized spacial score (nSPS) is 11.5. The number of benzene rings is 6. The molecular formula is C52H36N4O. The first-order chi connectivity index (χ1) is 28.2. The number of anilines is 9. The van der Waals surface area contributed by atoms with Gasteiger partial charge in [0.05, 0.1) is 0 Å². The Morgan fingerprint density at radius 1 is 0.316 bits per heavy atom. The fourth-order valence-corrected chi connectivity index (χ4v) is 7.97. The van der Waals surface area contributed by atoms with Gasteiger partial charge in [-0.3, -0.25) is 9.69 Å². The van der Waals surface area contributed by atoms with Crippen molar-refractivity contribution in [1.82, 2.24) is 4.98 Å². The van der Waals surface area contributed by atoms with Gasteiger partial charge in [0, 0.05) is 68.4 Å². The van der Waals surface area contributed by atoms with Crippen LogP contribution in [-0.4, -0.2) is 10.8 Å². The Bertz CT molecular complexity index is 2590. The fourth-order valence-electron chi connectivity index (χ4n) is 7.97. The van der Waals surface area contributed by atoms with Gasteiger partial charge in [0.2, 0.25) is 0 Å². The van der Waals surface area contributed by atoms with E-state index in [0.717, 1.165) is 73.3 Å². The average Bonchev–Trinajstić information content (AvgIpc) is 3.65. The molecule has 0 bridgehead atoms. The van der Waals surface area contributed by atoms with Crippen LogP contribution in [-0.2, 0) is 0 Å². The number of carbonyl (C=O) groups is 1. The molecular weight excluding hydrogens is 697 g/mol. The van der Waals surface area contributed by atoms with Crippen LogP contribution in [0.5, 0.6) is 0 Å². The maximum absolute atomic E-state index is 14.2. The summed E-state index contributed by atoms with van der Waals surface area (Å²) in [6, 6.07) is 72.8. The molecule has 7 aromatic rings. The number of para-hydroxylation sites is 4. The lowest BCUT2D eigenvalue weighted by atomic mass is 10.0. The smallest absolute Gasteiger partial charge is 0.195 e. The van der Waals surface area contributed by atoms with Gasteiger partial charge in [-0.25, -0.2) is 4.98 Å². The summed E-state index contributed by atoms with van der Waals surface area (Å²) in [5.41, 5.74) is 13.4. The standard InChI is InChI=1S/C52H36N4O/c57-52-48-35-50(53-36-49(48)47-34-37-16-6-1-15-25-46(37)51(47)52)56(44-30-26-42(27-31-44)54(38-17-7-2-8-18-38)39-19-9-3-10-20-39)45-32-28-43(29-33-45)55(40-21-11-4-12-22-40)41-23-13-5-14-24-41/h1-36H. The number of nitrogens with zero attached hydrogens (tertiary/aromatic N) is 4. The van der Waals surface area contributed by atoms with Crippen molar-refractivity contribution >= 4 is 57.1 Å². The topological polar surface area (TPSA) is 39.7 Å². The third kappa shape index (κ3) is 6.18. The van der Waals surface area contributed by atoms with Crippen LogP contribution in [0.1, 0.15) is 15.9 Å². The lowest BCUT2D eigenvalue weighted by Gasteiger charge is -2.29. The quantitative estimate of drug-likeness (QED) is 0.148. The zero-order valence-corrected chi connectivity index (χ0v) is 31.0. The van der Waals surface area contributed by atoms with Gasteiger partial charge in [0.25, 0.3) is 0 Å². The Balaban J connectivity index is 1.08. The van der Waals surface area contributed by atoms with Crippen LogP contribution >= 0.6 is 0 Å². The maximum atomic E-state index is 14.2. The fraction of sp³-hybridized carbons (Fsp3) is 0. The number of ketones is 1. The van der Waals surface area contributed by atoms with Gasteiger partial charge >= 0.3 is 0 Å². The Labute approximate surface area is 332 Å². The van der Waals surface area contributed by atoms with Gasteiger partial charge in [-0.1, -0.05) is 103 Å². The summed E-state index contributed by atoms with van der Waals surface area (Å²) in [6.45, 7) is 0. The van der Waals surface area contributed by atoms with Crippen molar-refractivity contribution in [3.05, 3.63) is 230 Å². The summed E-state index contributed by atoms with van der Waals surface area (Å²) >= 11 is 0. The van der Waals surface area contributed by atoms with Gasteiger partial charge in [0.1, 0.15) is 5.82 Å². The molecule has 1 aromatic heterocycles. The largest absolute Gasteiger partial charge is 0.311 e. The van der Waals surface area contributed by atoms with E-state index in [2.05, 4.69) is 172 Å². The molecule has 5 nitrogen and oxygen atoms in total. The summed E-state index contributed by atoms with van der Waals surface area (Å²) in [5, 5.41) is 0. The first-order valence-electron chi connectivity index (χ1n) is 19.1. The van der Waals surface area contributed by atoms with Crippen LogP contribution in [0.4, 0.5) is 51.3 Å². The molecule has 3 aliphatic carbocycles. The van der Waals surface area contributed by atoms with Crippen LogP contribution in [0.2, 0.25) is 0 Å². The molecule has 5 heteroatoms. The molecule has 0 atom stereocenters. The van der Waals surface area contributed by atoms with Crippen molar-refractivity contribution in [2.45, 2.75) is 0 Å². The summed E-state index contributed by atoms with van der Waals surface area (Å²) < 4.78 is 0. The minimum atomic E-state index is 0.0261. The first kappa shape index (κ1) is 33.8. The second-order valence-corrected chi connectivity index (χ2v) is 14.0. The minimum Gasteiger partial charge on any atom is -0.311 e. The molecule has 0 fully saturated rings. The predicted molar refractivity (Wildman–Crippen MR) is 234 cm³/mol. The molecule has 0 unspecified atom stereocenters. The Hall–Kier alpha value is -7.76. The van der Waals surface area contributed by atoms with E-state index in [0.29, 0.717) is 11.4 Å². The van der Waals surface area contributed by atoms with Gasteiger partial charge in [0.15, 0.2) is 5.78 Å². The number of rotatable bonds is 9. The van der Waals surface area contributed by atoms with Crippen LogP contribution in [0.3, 0.4) is 0 Å². The highest BCUT2D eigenvalue weighted by Gasteiger charge is 2.33. The number of pyridine rings is 1. The molecule has 0 N–H and O–H groups in total. The van der Waals surface area contributed by atoms with E-state index in [-0.39, 0.29) is 5.78 Å². The highest BCUT2D eigenvalue weighted by atomic mass is 16.1. The van der Waals surface area contributed by atoms with E-state index in [1.54, 1.807) is 0 Å². The average molecular weight is 733 g/mol. The third-order valence-electron chi connectivity index (χ3n) is 10.6. The Morgan fingerprint density at radius 2 is 0.684 bits per heavy atom. The van der Waals surface area contributed by atoms with Gasteiger partial charge in [-0.2, -0.15) is 0 Å². The van der Waals surface area contributed by atoms with E-state index >= 15 is 0 Å². The van der Waals surface area contributed by atoms with Crippen LogP contribution in [0.15, 0.2) is 219 Å². The van der Waals surface area contributed by atoms with Crippen molar-refractivity contribution in [2.75, 3.05) is 14.7 Å². The van der Waals surface area contributed by atoms with Crippen LogP contribution in [0, 0.1) is 0 Å². The van der Waals surface area contributed by atoms with Crippen molar-refractivity contribution in [1.29, 1.82) is 0 Å². The van der Waals surface area contributed by atoms with Gasteiger partial charge in [-0.15, -0.1) is 0 Å². The van der Waals surface area contributed by atoms with E-state index < -0.39 is 0 Å². The lowest BCUT2D eigenvalue weighted by Crippen LogP contribution is -2.14. The summed E-state index contributed by atoms with van der Waals surface area (Å²) in [7, 11) is 0. The van der Waals surface area contributed by atoms with E-state index in [4.69, 9.17) is 4.98 Å². The second kappa shape index (κ2) is 14.5. The van der Waals surface area contributed by atoms with Crippen LogP contribution < -0.4 is 14.7 Å². The number of carbonyl (C=O) groups excluding carboxylic acids is 1. The summed E-state index contributed by atoms with van der Waals surface area (Å²) in [6.07, 6.45) is 1.86. The van der Waals surface area contributed by atoms with Gasteiger partial charge < -0.3 is 9.80 Å². The highest BCUT2D eigenvalue weighted by molar-refractivity contribution is 6.26.